The topological polar surface area (TPSA) is 60.0 Å². The molecule has 0 bridgehead atoms. The van der Waals surface area contributed by atoms with Crippen LogP contribution < -0.4 is 11.1 Å². The summed E-state index contributed by atoms with van der Waals surface area (Å²) in [6.45, 7) is 2.33. The molecule has 0 spiro atoms. The smallest absolute Gasteiger partial charge is 0.244 e. The van der Waals surface area contributed by atoms with Crippen molar-refractivity contribution >= 4 is 27.5 Å². The van der Waals surface area contributed by atoms with Crippen molar-refractivity contribution in [1.82, 2.24) is 4.57 Å². The molecule has 1 aromatic carbocycles. The maximum atomic E-state index is 11.9. The van der Waals surface area contributed by atoms with Crippen LogP contribution >= 0.6 is 15.9 Å². The molecular formula is C15H18BrN3O. The lowest BCUT2D eigenvalue weighted by Gasteiger charge is -2.07. The fourth-order valence-electron chi connectivity index (χ4n) is 1.91. The minimum atomic E-state index is -0.0560. The molecule has 20 heavy (non-hydrogen) atoms. The van der Waals surface area contributed by atoms with Gasteiger partial charge in [0.15, 0.2) is 0 Å². The third-order valence-corrected chi connectivity index (χ3v) is 3.62. The maximum absolute atomic E-state index is 11.9. The van der Waals surface area contributed by atoms with Crippen molar-refractivity contribution in [2.24, 2.45) is 5.73 Å². The number of rotatable bonds is 5. The van der Waals surface area contributed by atoms with Crippen LogP contribution in [0.15, 0.2) is 47.2 Å². The fourth-order valence-corrected chi connectivity index (χ4v) is 2.18. The van der Waals surface area contributed by atoms with E-state index in [0.717, 1.165) is 22.1 Å². The summed E-state index contributed by atoms with van der Waals surface area (Å²) in [5.74, 6) is -0.0560. The van der Waals surface area contributed by atoms with Gasteiger partial charge in [-0.15, -0.1) is 0 Å². The van der Waals surface area contributed by atoms with Gasteiger partial charge in [0.2, 0.25) is 5.91 Å². The number of anilines is 1. The number of carbonyl (C=O) groups excluding carboxylic acids is 1. The molecule has 0 aliphatic heterocycles. The number of amides is 1. The van der Waals surface area contributed by atoms with Gasteiger partial charge in [0, 0.05) is 28.6 Å². The Labute approximate surface area is 127 Å². The molecule has 1 heterocycles. The molecule has 0 saturated heterocycles. The van der Waals surface area contributed by atoms with Crippen LogP contribution in [0.2, 0.25) is 0 Å². The molecule has 2 rings (SSSR count). The summed E-state index contributed by atoms with van der Waals surface area (Å²) < 4.78 is 2.83. The van der Waals surface area contributed by atoms with E-state index < -0.39 is 0 Å². The number of halogens is 1. The first kappa shape index (κ1) is 14.8. The zero-order valence-electron chi connectivity index (χ0n) is 11.3. The molecule has 0 fully saturated rings. The van der Waals surface area contributed by atoms with E-state index in [1.54, 1.807) is 0 Å². The van der Waals surface area contributed by atoms with Gasteiger partial charge in [-0.2, -0.15) is 0 Å². The number of hydrogen-bond donors (Lipinski definition) is 2. The molecule has 0 radical (unpaired) electrons. The van der Waals surface area contributed by atoms with Crippen LogP contribution in [-0.2, 0) is 11.3 Å². The lowest BCUT2D eigenvalue weighted by atomic mass is 10.1. The van der Waals surface area contributed by atoms with Crippen LogP contribution in [0.1, 0.15) is 24.9 Å². The highest BCUT2D eigenvalue weighted by molar-refractivity contribution is 9.10. The molecule has 106 valence electrons. The Hall–Kier alpha value is -1.59. The van der Waals surface area contributed by atoms with Gasteiger partial charge in [-0.05, 0) is 42.3 Å². The van der Waals surface area contributed by atoms with E-state index in [9.17, 15) is 4.79 Å². The highest BCUT2D eigenvalue weighted by atomic mass is 79.9. The third kappa shape index (κ3) is 3.95. The SMILES string of the molecule is CCC(N)c1ccn(CC(=O)Nc2ccc(Br)cc2)c1. The molecule has 0 saturated carbocycles. The Morgan fingerprint density at radius 1 is 1.35 bits per heavy atom. The van der Waals surface area contributed by atoms with E-state index in [4.69, 9.17) is 5.73 Å². The Kier molecular flexibility index (Phi) is 4.98. The molecule has 1 unspecified atom stereocenters. The van der Waals surface area contributed by atoms with Gasteiger partial charge in [0.25, 0.3) is 0 Å². The van der Waals surface area contributed by atoms with Crippen molar-refractivity contribution in [3.8, 4) is 0 Å². The first-order valence-electron chi connectivity index (χ1n) is 6.55. The lowest BCUT2D eigenvalue weighted by molar-refractivity contribution is -0.116. The molecule has 4 nitrogen and oxygen atoms in total. The summed E-state index contributed by atoms with van der Waals surface area (Å²) in [5.41, 5.74) is 7.80. The predicted molar refractivity (Wildman–Crippen MR) is 84.4 cm³/mol. The number of benzene rings is 1. The number of nitrogens with zero attached hydrogens (tertiary/aromatic N) is 1. The third-order valence-electron chi connectivity index (χ3n) is 3.10. The second-order valence-corrected chi connectivity index (χ2v) is 5.60. The molecular weight excluding hydrogens is 318 g/mol. The van der Waals surface area contributed by atoms with Crippen LogP contribution in [0.4, 0.5) is 5.69 Å². The van der Waals surface area contributed by atoms with Gasteiger partial charge in [-0.3, -0.25) is 4.79 Å². The predicted octanol–water partition coefficient (Wildman–Crippen LogP) is 3.30. The number of nitrogens with one attached hydrogen (secondary N) is 1. The molecule has 0 aliphatic carbocycles. The van der Waals surface area contributed by atoms with Gasteiger partial charge in [0.1, 0.15) is 6.54 Å². The Bertz CT molecular complexity index is 577. The fraction of sp³-hybridized carbons (Fsp3) is 0.267. The molecule has 1 atom stereocenters. The van der Waals surface area contributed by atoms with Crippen LogP contribution in [0.3, 0.4) is 0 Å². The summed E-state index contributed by atoms with van der Waals surface area (Å²) in [7, 11) is 0. The highest BCUT2D eigenvalue weighted by Crippen LogP contribution is 2.15. The van der Waals surface area contributed by atoms with Crippen LogP contribution in [0, 0.1) is 0 Å². The van der Waals surface area contributed by atoms with Crippen molar-refractivity contribution in [2.75, 3.05) is 5.32 Å². The average molecular weight is 336 g/mol. The highest BCUT2D eigenvalue weighted by Gasteiger charge is 2.07. The van der Waals surface area contributed by atoms with E-state index >= 15 is 0 Å². The molecule has 1 amide bonds. The van der Waals surface area contributed by atoms with Gasteiger partial charge >= 0.3 is 0 Å². The quantitative estimate of drug-likeness (QED) is 0.880. The van der Waals surface area contributed by atoms with E-state index in [2.05, 4.69) is 21.2 Å². The van der Waals surface area contributed by atoms with Crippen LogP contribution in [-0.4, -0.2) is 10.5 Å². The van der Waals surface area contributed by atoms with E-state index in [1.165, 1.54) is 0 Å². The molecule has 3 N–H and O–H groups in total. The van der Waals surface area contributed by atoms with Gasteiger partial charge in [-0.1, -0.05) is 22.9 Å². The zero-order chi connectivity index (χ0) is 14.5. The average Bonchev–Trinajstić information content (AvgIpc) is 2.89. The zero-order valence-corrected chi connectivity index (χ0v) is 12.9. The van der Waals surface area contributed by atoms with Crippen molar-refractivity contribution in [3.63, 3.8) is 0 Å². The second kappa shape index (κ2) is 6.72. The van der Waals surface area contributed by atoms with E-state index in [1.807, 2.05) is 54.2 Å². The maximum Gasteiger partial charge on any atom is 0.244 e. The first-order valence-corrected chi connectivity index (χ1v) is 7.34. The van der Waals surface area contributed by atoms with Crippen LogP contribution in [0.5, 0.6) is 0 Å². The summed E-state index contributed by atoms with van der Waals surface area (Å²) in [4.78, 5) is 11.9. The van der Waals surface area contributed by atoms with Crippen molar-refractivity contribution in [3.05, 3.63) is 52.8 Å². The Balaban J connectivity index is 1.94. The van der Waals surface area contributed by atoms with Gasteiger partial charge in [0.05, 0.1) is 0 Å². The first-order chi connectivity index (χ1) is 9.58. The number of aromatic nitrogens is 1. The largest absolute Gasteiger partial charge is 0.345 e. The van der Waals surface area contributed by atoms with Crippen molar-refractivity contribution in [2.45, 2.75) is 25.9 Å². The Morgan fingerprint density at radius 2 is 2.05 bits per heavy atom. The molecule has 2 aromatic rings. The van der Waals surface area contributed by atoms with E-state index in [-0.39, 0.29) is 18.5 Å². The molecule has 5 heteroatoms. The van der Waals surface area contributed by atoms with Gasteiger partial charge < -0.3 is 15.6 Å². The molecule has 1 aromatic heterocycles. The standard InChI is InChI=1S/C15H18BrN3O/c1-2-14(17)11-7-8-19(9-11)10-15(20)18-13-5-3-12(16)4-6-13/h3-9,14H,2,10,17H2,1H3,(H,18,20). The summed E-state index contributed by atoms with van der Waals surface area (Å²) >= 11 is 3.36. The molecule has 0 aliphatic rings. The normalized spacial score (nSPS) is 12.2. The summed E-state index contributed by atoms with van der Waals surface area (Å²) in [5, 5.41) is 2.86. The lowest BCUT2D eigenvalue weighted by Crippen LogP contribution is -2.18. The number of carbonyl (C=O) groups is 1. The monoisotopic (exact) mass is 335 g/mol. The number of hydrogen-bond acceptors (Lipinski definition) is 2. The minimum Gasteiger partial charge on any atom is -0.345 e. The summed E-state index contributed by atoms with van der Waals surface area (Å²) in [6.07, 6.45) is 4.69. The van der Waals surface area contributed by atoms with Crippen molar-refractivity contribution in [1.29, 1.82) is 0 Å². The van der Waals surface area contributed by atoms with Crippen molar-refractivity contribution < 1.29 is 4.79 Å². The van der Waals surface area contributed by atoms with E-state index in [0.29, 0.717) is 0 Å². The Morgan fingerprint density at radius 3 is 2.70 bits per heavy atom. The van der Waals surface area contributed by atoms with Crippen LogP contribution in [0.25, 0.3) is 0 Å². The second-order valence-electron chi connectivity index (χ2n) is 4.69. The minimum absolute atomic E-state index is 0.0331. The summed E-state index contributed by atoms with van der Waals surface area (Å²) in [6, 6.07) is 9.49. The van der Waals surface area contributed by atoms with Gasteiger partial charge in [-0.25, -0.2) is 0 Å². The number of nitrogens with two attached hydrogens (primary N) is 1.